The Hall–Kier alpha value is -0.640. The summed E-state index contributed by atoms with van der Waals surface area (Å²) in [5, 5.41) is 13.5. The summed E-state index contributed by atoms with van der Waals surface area (Å²) in [6, 6.07) is 0.521. The number of aryl methyl sites for hydroxylation is 1. The minimum atomic E-state index is 0.521. The zero-order valence-electron chi connectivity index (χ0n) is 10.2. The SMILES string of the molecule is Cc1nnc(NC(C)CCC2CCCC2)s1. The third-order valence-corrected chi connectivity index (χ3v) is 4.15. The maximum Gasteiger partial charge on any atom is 0.205 e. The highest BCUT2D eigenvalue weighted by molar-refractivity contribution is 7.15. The van der Waals surface area contributed by atoms with E-state index in [1.807, 2.05) is 6.92 Å². The summed E-state index contributed by atoms with van der Waals surface area (Å²) < 4.78 is 0. The standard InChI is InChI=1S/C12H21N3S/c1-9(7-8-11-5-3-4-6-11)13-12-15-14-10(2)16-12/h9,11H,3-8H2,1-2H3,(H,13,15). The molecule has 1 heterocycles. The van der Waals surface area contributed by atoms with Gasteiger partial charge >= 0.3 is 0 Å². The highest BCUT2D eigenvalue weighted by Gasteiger charge is 2.16. The molecule has 16 heavy (non-hydrogen) atoms. The van der Waals surface area contributed by atoms with Crippen LogP contribution in [0.4, 0.5) is 5.13 Å². The van der Waals surface area contributed by atoms with Gasteiger partial charge in [-0.1, -0.05) is 37.0 Å². The van der Waals surface area contributed by atoms with Crippen LogP contribution in [0.3, 0.4) is 0 Å². The molecule has 2 rings (SSSR count). The Labute approximate surface area is 102 Å². The summed E-state index contributed by atoms with van der Waals surface area (Å²) in [6.07, 6.45) is 8.41. The molecule has 1 fully saturated rings. The van der Waals surface area contributed by atoms with Gasteiger partial charge in [0.2, 0.25) is 5.13 Å². The van der Waals surface area contributed by atoms with Gasteiger partial charge in [0, 0.05) is 6.04 Å². The lowest BCUT2D eigenvalue weighted by Gasteiger charge is -2.15. The molecule has 0 aliphatic heterocycles. The Morgan fingerprint density at radius 3 is 2.75 bits per heavy atom. The first-order chi connectivity index (χ1) is 7.74. The molecule has 1 aliphatic carbocycles. The Bertz CT molecular complexity index is 318. The molecule has 0 radical (unpaired) electrons. The average Bonchev–Trinajstić information content (AvgIpc) is 2.87. The number of rotatable bonds is 5. The zero-order valence-corrected chi connectivity index (χ0v) is 11.0. The molecule has 0 bridgehead atoms. The molecule has 1 saturated carbocycles. The molecular weight excluding hydrogens is 218 g/mol. The molecule has 1 aromatic heterocycles. The number of hydrogen-bond acceptors (Lipinski definition) is 4. The largest absolute Gasteiger partial charge is 0.358 e. The topological polar surface area (TPSA) is 37.8 Å². The van der Waals surface area contributed by atoms with Gasteiger partial charge in [0.15, 0.2) is 0 Å². The van der Waals surface area contributed by atoms with Crippen LogP contribution in [0.5, 0.6) is 0 Å². The summed E-state index contributed by atoms with van der Waals surface area (Å²) in [5.41, 5.74) is 0. The molecule has 0 aromatic carbocycles. The van der Waals surface area contributed by atoms with E-state index >= 15 is 0 Å². The van der Waals surface area contributed by atoms with Gasteiger partial charge in [0.05, 0.1) is 0 Å². The fraction of sp³-hybridized carbons (Fsp3) is 0.833. The molecule has 1 aromatic rings. The second-order valence-electron chi connectivity index (χ2n) is 4.90. The molecule has 4 heteroatoms. The van der Waals surface area contributed by atoms with Crippen LogP contribution < -0.4 is 5.32 Å². The summed E-state index contributed by atoms with van der Waals surface area (Å²) in [5.74, 6) is 0.986. The second kappa shape index (κ2) is 5.62. The van der Waals surface area contributed by atoms with Gasteiger partial charge in [0.25, 0.3) is 0 Å². The molecule has 1 unspecified atom stereocenters. The van der Waals surface area contributed by atoms with E-state index in [9.17, 15) is 0 Å². The molecule has 1 aliphatic rings. The maximum atomic E-state index is 4.09. The van der Waals surface area contributed by atoms with Crippen molar-refractivity contribution >= 4 is 16.5 Å². The quantitative estimate of drug-likeness (QED) is 0.853. The lowest BCUT2D eigenvalue weighted by molar-refractivity contribution is 0.467. The monoisotopic (exact) mass is 239 g/mol. The van der Waals surface area contributed by atoms with Crippen LogP contribution in [-0.2, 0) is 0 Å². The third-order valence-electron chi connectivity index (χ3n) is 3.38. The fourth-order valence-corrected chi connectivity index (χ4v) is 3.13. The van der Waals surface area contributed by atoms with E-state index in [1.165, 1.54) is 38.5 Å². The maximum absolute atomic E-state index is 4.09. The van der Waals surface area contributed by atoms with Crippen molar-refractivity contribution in [2.75, 3.05) is 5.32 Å². The predicted molar refractivity (Wildman–Crippen MR) is 68.9 cm³/mol. The number of hydrogen-bond donors (Lipinski definition) is 1. The fourth-order valence-electron chi connectivity index (χ4n) is 2.42. The summed E-state index contributed by atoms with van der Waals surface area (Å²) >= 11 is 1.64. The van der Waals surface area contributed by atoms with Crippen molar-refractivity contribution in [2.45, 2.75) is 58.4 Å². The summed E-state index contributed by atoms with van der Waals surface area (Å²) in [7, 11) is 0. The van der Waals surface area contributed by atoms with Gasteiger partial charge < -0.3 is 5.32 Å². The van der Waals surface area contributed by atoms with Gasteiger partial charge in [0.1, 0.15) is 5.01 Å². The van der Waals surface area contributed by atoms with E-state index in [0.717, 1.165) is 16.1 Å². The van der Waals surface area contributed by atoms with Crippen molar-refractivity contribution in [1.29, 1.82) is 0 Å². The van der Waals surface area contributed by atoms with Gasteiger partial charge in [-0.3, -0.25) is 0 Å². The second-order valence-corrected chi connectivity index (χ2v) is 6.08. The van der Waals surface area contributed by atoms with Gasteiger partial charge in [-0.15, -0.1) is 10.2 Å². The van der Waals surface area contributed by atoms with E-state index in [1.54, 1.807) is 11.3 Å². The zero-order chi connectivity index (χ0) is 11.4. The third kappa shape index (κ3) is 3.44. The van der Waals surface area contributed by atoms with Crippen molar-refractivity contribution in [3.63, 3.8) is 0 Å². The molecule has 0 saturated heterocycles. The van der Waals surface area contributed by atoms with E-state index < -0.39 is 0 Å². The first-order valence-electron chi connectivity index (χ1n) is 6.30. The number of anilines is 1. The molecular formula is C12H21N3S. The van der Waals surface area contributed by atoms with E-state index in [0.29, 0.717) is 6.04 Å². The van der Waals surface area contributed by atoms with Crippen molar-refractivity contribution in [3.8, 4) is 0 Å². The number of nitrogens with one attached hydrogen (secondary N) is 1. The molecule has 0 spiro atoms. The first-order valence-corrected chi connectivity index (χ1v) is 7.12. The Morgan fingerprint density at radius 2 is 2.12 bits per heavy atom. The van der Waals surface area contributed by atoms with E-state index in [2.05, 4.69) is 22.4 Å². The smallest absolute Gasteiger partial charge is 0.205 e. The molecule has 1 atom stereocenters. The minimum Gasteiger partial charge on any atom is -0.358 e. The van der Waals surface area contributed by atoms with Crippen LogP contribution in [0, 0.1) is 12.8 Å². The Kier molecular flexibility index (Phi) is 4.16. The highest BCUT2D eigenvalue weighted by Crippen LogP contribution is 2.29. The lowest BCUT2D eigenvalue weighted by Crippen LogP contribution is -2.16. The van der Waals surface area contributed by atoms with Gasteiger partial charge in [-0.2, -0.15) is 0 Å². The van der Waals surface area contributed by atoms with Crippen molar-refractivity contribution in [3.05, 3.63) is 5.01 Å². The van der Waals surface area contributed by atoms with Crippen LogP contribution in [-0.4, -0.2) is 16.2 Å². The van der Waals surface area contributed by atoms with Gasteiger partial charge in [-0.25, -0.2) is 0 Å². The Balaban J connectivity index is 1.69. The van der Waals surface area contributed by atoms with E-state index in [-0.39, 0.29) is 0 Å². The first kappa shape index (κ1) is 11.8. The predicted octanol–water partition coefficient (Wildman–Crippen LogP) is 3.62. The molecule has 0 amide bonds. The molecule has 1 N–H and O–H groups in total. The summed E-state index contributed by atoms with van der Waals surface area (Å²) in [4.78, 5) is 0. The lowest BCUT2D eigenvalue weighted by atomic mass is 9.99. The highest BCUT2D eigenvalue weighted by atomic mass is 32.1. The molecule has 90 valence electrons. The minimum absolute atomic E-state index is 0.521. The van der Waals surface area contributed by atoms with Crippen LogP contribution in [0.25, 0.3) is 0 Å². The van der Waals surface area contributed by atoms with Crippen molar-refractivity contribution < 1.29 is 0 Å². The number of nitrogens with zero attached hydrogens (tertiary/aromatic N) is 2. The van der Waals surface area contributed by atoms with Crippen LogP contribution in [0.2, 0.25) is 0 Å². The normalized spacial score (nSPS) is 18.9. The molecule has 3 nitrogen and oxygen atoms in total. The number of aromatic nitrogens is 2. The van der Waals surface area contributed by atoms with Crippen LogP contribution in [0.15, 0.2) is 0 Å². The van der Waals surface area contributed by atoms with Crippen LogP contribution in [0.1, 0.15) is 50.5 Å². The van der Waals surface area contributed by atoms with Crippen molar-refractivity contribution in [1.82, 2.24) is 10.2 Å². The van der Waals surface area contributed by atoms with Crippen LogP contribution >= 0.6 is 11.3 Å². The average molecular weight is 239 g/mol. The van der Waals surface area contributed by atoms with E-state index in [4.69, 9.17) is 0 Å². The Morgan fingerprint density at radius 1 is 1.38 bits per heavy atom. The van der Waals surface area contributed by atoms with Gasteiger partial charge in [-0.05, 0) is 32.6 Å². The van der Waals surface area contributed by atoms with Crippen molar-refractivity contribution in [2.24, 2.45) is 5.92 Å². The summed E-state index contributed by atoms with van der Waals surface area (Å²) in [6.45, 7) is 4.23.